The number of rotatable bonds is 5. The van der Waals surface area contributed by atoms with Gasteiger partial charge in [0.05, 0.1) is 44.1 Å². The number of nitrogens with one attached hydrogen (secondary N) is 1. The highest BCUT2D eigenvalue weighted by Gasteiger charge is 2.24. The van der Waals surface area contributed by atoms with Gasteiger partial charge in [-0.3, -0.25) is 9.69 Å². The van der Waals surface area contributed by atoms with Crippen LogP contribution >= 0.6 is 0 Å². The highest BCUT2D eigenvalue weighted by atomic mass is 16.5. The number of carbonyl (C=O) groups is 3. The number of esters is 2. The van der Waals surface area contributed by atoms with Gasteiger partial charge in [0.15, 0.2) is 0 Å². The largest absolute Gasteiger partial charge is 0.465 e. The third-order valence-corrected chi connectivity index (χ3v) is 3.92. The monoisotopic (exact) mass is 364 g/mol. The molecule has 0 aromatic heterocycles. The summed E-state index contributed by atoms with van der Waals surface area (Å²) in [5, 5.41) is 2.72. The molecule has 1 aliphatic heterocycles. The smallest absolute Gasteiger partial charge is 0.337 e. The number of ether oxygens (including phenoxy) is 3. The first-order valence-electron chi connectivity index (χ1n) is 8.31. The molecule has 0 bridgehead atoms. The molecule has 1 aliphatic rings. The molecular weight excluding hydrogens is 340 g/mol. The number of amides is 1. The molecule has 0 aliphatic carbocycles. The molecule has 1 amide bonds. The van der Waals surface area contributed by atoms with Crippen LogP contribution in [0.5, 0.6) is 0 Å². The standard InChI is InChI=1S/C18H24N2O6/c1-11-8-20(9-12(2)26-11)10-16(21)19-15-6-13(17(22)24-3)5-14(7-15)18(23)25-4/h5-7,11-12H,8-10H2,1-4H3,(H,19,21)/t11-,12-/m0/s1. The number of carbonyl (C=O) groups excluding carboxylic acids is 3. The van der Waals surface area contributed by atoms with Crippen LogP contribution in [0.2, 0.25) is 0 Å². The maximum atomic E-state index is 12.4. The van der Waals surface area contributed by atoms with Gasteiger partial charge in [-0.05, 0) is 32.0 Å². The van der Waals surface area contributed by atoms with Crippen molar-refractivity contribution in [1.82, 2.24) is 4.90 Å². The molecule has 0 spiro atoms. The van der Waals surface area contributed by atoms with Gasteiger partial charge in [0.2, 0.25) is 5.91 Å². The van der Waals surface area contributed by atoms with Gasteiger partial charge < -0.3 is 19.5 Å². The Balaban J connectivity index is 2.12. The Hall–Kier alpha value is -2.45. The molecule has 0 radical (unpaired) electrons. The fourth-order valence-corrected chi connectivity index (χ4v) is 2.99. The molecule has 1 fully saturated rings. The second-order valence-electron chi connectivity index (χ2n) is 6.28. The van der Waals surface area contributed by atoms with Gasteiger partial charge >= 0.3 is 11.9 Å². The maximum absolute atomic E-state index is 12.4. The Morgan fingerprint density at radius 2 is 1.54 bits per heavy atom. The zero-order valence-electron chi connectivity index (χ0n) is 15.4. The van der Waals surface area contributed by atoms with Crippen molar-refractivity contribution < 1.29 is 28.6 Å². The summed E-state index contributed by atoms with van der Waals surface area (Å²) >= 11 is 0. The van der Waals surface area contributed by atoms with Crippen LogP contribution in [0.1, 0.15) is 34.6 Å². The quantitative estimate of drug-likeness (QED) is 0.787. The minimum Gasteiger partial charge on any atom is -0.465 e. The predicted octanol–water partition coefficient (Wildman–Crippen LogP) is 1.31. The zero-order valence-corrected chi connectivity index (χ0v) is 15.4. The van der Waals surface area contributed by atoms with Gasteiger partial charge in [0, 0.05) is 18.8 Å². The van der Waals surface area contributed by atoms with E-state index in [0.29, 0.717) is 18.8 Å². The van der Waals surface area contributed by atoms with E-state index in [0.717, 1.165) is 0 Å². The van der Waals surface area contributed by atoms with Crippen LogP contribution in [0.25, 0.3) is 0 Å². The van der Waals surface area contributed by atoms with E-state index < -0.39 is 11.9 Å². The highest BCUT2D eigenvalue weighted by molar-refractivity contribution is 5.99. The van der Waals surface area contributed by atoms with Crippen LogP contribution in [0, 0.1) is 0 Å². The summed E-state index contributed by atoms with van der Waals surface area (Å²) in [6.07, 6.45) is 0.111. The zero-order chi connectivity index (χ0) is 19.3. The SMILES string of the molecule is COC(=O)c1cc(NC(=O)CN2C[C@H](C)O[C@@H](C)C2)cc(C(=O)OC)c1. The Morgan fingerprint density at radius 3 is 2.00 bits per heavy atom. The number of nitrogens with zero attached hydrogens (tertiary/aromatic N) is 1. The number of anilines is 1. The van der Waals surface area contributed by atoms with E-state index in [1.165, 1.54) is 32.4 Å². The fourth-order valence-electron chi connectivity index (χ4n) is 2.99. The lowest BCUT2D eigenvalue weighted by molar-refractivity contribution is -0.121. The molecule has 0 unspecified atom stereocenters. The minimum atomic E-state index is -0.609. The highest BCUT2D eigenvalue weighted by Crippen LogP contribution is 2.17. The van der Waals surface area contributed by atoms with Crippen LogP contribution in [-0.4, -0.2) is 68.8 Å². The van der Waals surface area contributed by atoms with Gasteiger partial charge in [-0.1, -0.05) is 0 Å². The van der Waals surface area contributed by atoms with Gasteiger partial charge in [-0.25, -0.2) is 9.59 Å². The molecule has 0 saturated carbocycles. The molecule has 8 nitrogen and oxygen atoms in total. The lowest BCUT2D eigenvalue weighted by atomic mass is 10.1. The van der Waals surface area contributed by atoms with Crippen molar-refractivity contribution in [2.45, 2.75) is 26.1 Å². The predicted molar refractivity (Wildman–Crippen MR) is 94.2 cm³/mol. The van der Waals surface area contributed by atoms with Crippen LogP contribution < -0.4 is 5.32 Å². The van der Waals surface area contributed by atoms with Crippen molar-refractivity contribution in [3.63, 3.8) is 0 Å². The van der Waals surface area contributed by atoms with E-state index >= 15 is 0 Å². The first-order chi connectivity index (χ1) is 12.3. The first-order valence-corrected chi connectivity index (χ1v) is 8.31. The summed E-state index contributed by atoms with van der Waals surface area (Å²) in [5.74, 6) is -1.46. The molecule has 1 heterocycles. The Kier molecular flexibility index (Phi) is 6.70. The van der Waals surface area contributed by atoms with Gasteiger partial charge in [-0.15, -0.1) is 0 Å². The molecule has 8 heteroatoms. The average Bonchev–Trinajstić information content (AvgIpc) is 2.58. The van der Waals surface area contributed by atoms with Crippen molar-refractivity contribution in [3.05, 3.63) is 29.3 Å². The van der Waals surface area contributed by atoms with E-state index in [9.17, 15) is 14.4 Å². The van der Waals surface area contributed by atoms with Crippen molar-refractivity contribution >= 4 is 23.5 Å². The number of hydrogen-bond acceptors (Lipinski definition) is 7. The Bertz CT molecular complexity index is 646. The van der Waals surface area contributed by atoms with Gasteiger partial charge in [0.1, 0.15) is 0 Å². The lowest BCUT2D eigenvalue weighted by Crippen LogP contribution is -2.48. The Morgan fingerprint density at radius 1 is 1.04 bits per heavy atom. The second-order valence-corrected chi connectivity index (χ2v) is 6.28. The molecular formula is C18H24N2O6. The number of morpholine rings is 1. The summed E-state index contributed by atoms with van der Waals surface area (Å²) in [5.41, 5.74) is 0.631. The number of hydrogen-bond donors (Lipinski definition) is 1. The molecule has 26 heavy (non-hydrogen) atoms. The summed E-state index contributed by atoms with van der Waals surface area (Å²) in [4.78, 5) is 38.0. The molecule has 1 aromatic carbocycles. The number of methoxy groups -OCH3 is 2. The van der Waals surface area contributed by atoms with Crippen LogP contribution in [0.15, 0.2) is 18.2 Å². The van der Waals surface area contributed by atoms with Crippen molar-refractivity contribution in [3.8, 4) is 0 Å². The fraction of sp³-hybridized carbons (Fsp3) is 0.500. The third-order valence-electron chi connectivity index (χ3n) is 3.92. The summed E-state index contributed by atoms with van der Waals surface area (Å²) in [6, 6.07) is 4.28. The van der Waals surface area contributed by atoms with Crippen molar-refractivity contribution in [2.24, 2.45) is 0 Å². The van der Waals surface area contributed by atoms with Gasteiger partial charge in [-0.2, -0.15) is 0 Å². The van der Waals surface area contributed by atoms with Crippen LogP contribution in [0.3, 0.4) is 0 Å². The van der Waals surface area contributed by atoms with E-state index in [4.69, 9.17) is 4.74 Å². The topological polar surface area (TPSA) is 94.2 Å². The van der Waals surface area contributed by atoms with Crippen LogP contribution in [-0.2, 0) is 19.0 Å². The maximum Gasteiger partial charge on any atom is 0.337 e. The van der Waals surface area contributed by atoms with Crippen molar-refractivity contribution in [1.29, 1.82) is 0 Å². The molecule has 142 valence electrons. The summed E-state index contributed by atoms with van der Waals surface area (Å²) in [7, 11) is 2.48. The molecule has 2 rings (SSSR count). The molecule has 1 N–H and O–H groups in total. The first kappa shape index (κ1) is 19.9. The third kappa shape index (κ3) is 5.27. The summed E-state index contributed by atoms with van der Waals surface area (Å²) in [6.45, 7) is 5.43. The van der Waals surface area contributed by atoms with Crippen molar-refractivity contribution in [2.75, 3.05) is 39.2 Å². The average molecular weight is 364 g/mol. The molecule has 1 aromatic rings. The minimum absolute atomic E-state index is 0.0557. The van der Waals surface area contributed by atoms with E-state index in [2.05, 4.69) is 14.8 Å². The lowest BCUT2D eigenvalue weighted by Gasteiger charge is -2.34. The van der Waals surface area contributed by atoms with E-state index in [-0.39, 0.29) is 35.8 Å². The van der Waals surface area contributed by atoms with Crippen LogP contribution in [0.4, 0.5) is 5.69 Å². The molecule has 1 saturated heterocycles. The normalized spacial score (nSPS) is 20.3. The second kappa shape index (κ2) is 8.77. The summed E-state index contributed by atoms with van der Waals surface area (Å²) < 4.78 is 15.0. The number of benzene rings is 1. The van der Waals surface area contributed by atoms with Gasteiger partial charge in [0.25, 0.3) is 0 Å². The van der Waals surface area contributed by atoms with E-state index in [1.807, 2.05) is 18.7 Å². The van der Waals surface area contributed by atoms with E-state index in [1.54, 1.807) is 0 Å². The molecule has 2 atom stereocenters. The Labute approximate surface area is 152 Å².